The van der Waals surface area contributed by atoms with Crippen LogP contribution in [-0.2, 0) is 6.42 Å². The Hall–Kier alpha value is -3.74. The van der Waals surface area contributed by atoms with E-state index in [1.165, 1.54) is 6.20 Å². The van der Waals surface area contributed by atoms with Gasteiger partial charge in [-0.25, -0.2) is 9.97 Å². The van der Waals surface area contributed by atoms with Crippen molar-refractivity contribution in [2.75, 3.05) is 11.9 Å². The number of ether oxygens (including phenoxy) is 1. The molecule has 4 rings (SSSR count). The molecule has 0 saturated heterocycles. The topological polar surface area (TPSA) is 92.8 Å². The number of hydrogen-bond acceptors (Lipinski definition) is 6. The first-order valence-corrected chi connectivity index (χ1v) is 10.0. The van der Waals surface area contributed by atoms with Crippen LogP contribution >= 0.6 is 0 Å². The highest BCUT2D eigenvalue weighted by Gasteiger charge is 2.13. The van der Waals surface area contributed by atoms with Gasteiger partial charge in [0.25, 0.3) is 5.56 Å². The van der Waals surface area contributed by atoms with Crippen LogP contribution in [0.1, 0.15) is 25.8 Å². The fourth-order valence-electron chi connectivity index (χ4n) is 3.19. The van der Waals surface area contributed by atoms with E-state index >= 15 is 0 Å². The Balaban J connectivity index is 1.75. The van der Waals surface area contributed by atoms with Crippen molar-refractivity contribution in [3.63, 3.8) is 0 Å². The van der Waals surface area contributed by atoms with Gasteiger partial charge in [0.15, 0.2) is 5.65 Å². The van der Waals surface area contributed by atoms with Gasteiger partial charge in [-0.2, -0.15) is 4.98 Å². The molecule has 0 aliphatic carbocycles. The van der Waals surface area contributed by atoms with E-state index in [9.17, 15) is 4.79 Å². The average molecular weight is 401 g/mol. The van der Waals surface area contributed by atoms with Crippen molar-refractivity contribution in [1.29, 1.82) is 0 Å². The van der Waals surface area contributed by atoms with E-state index in [0.717, 1.165) is 29.7 Å². The second-order valence-electron chi connectivity index (χ2n) is 6.83. The molecule has 0 saturated carbocycles. The number of para-hydroxylation sites is 2. The Kier molecular flexibility index (Phi) is 5.70. The van der Waals surface area contributed by atoms with Crippen LogP contribution < -0.4 is 15.6 Å². The zero-order chi connectivity index (χ0) is 20.9. The monoisotopic (exact) mass is 401 g/mol. The van der Waals surface area contributed by atoms with E-state index in [-0.39, 0.29) is 5.56 Å². The molecule has 4 aromatic rings. The molecular weight excluding hydrogens is 378 g/mol. The fourth-order valence-corrected chi connectivity index (χ4v) is 3.19. The first-order chi connectivity index (χ1) is 14.7. The fraction of sp³-hybridized carbons (Fsp3) is 0.217. The van der Waals surface area contributed by atoms with Crippen molar-refractivity contribution in [2.45, 2.75) is 26.7 Å². The summed E-state index contributed by atoms with van der Waals surface area (Å²) in [5.74, 6) is 1.48. The predicted molar refractivity (Wildman–Crippen MR) is 118 cm³/mol. The molecule has 152 valence electrons. The SMILES string of the molecule is CCCOc1ccccc1-c1nc2nc(Nc3ccccc3CC)ncc2c(=O)[nH]1. The van der Waals surface area contributed by atoms with E-state index < -0.39 is 0 Å². The smallest absolute Gasteiger partial charge is 0.262 e. The van der Waals surface area contributed by atoms with Crippen molar-refractivity contribution in [1.82, 2.24) is 19.9 Å². The minimum Gasteiger partial charge on any atom is -0.493 e. The number of aromatic amines is 1. The van der Waals surface area contributed by atoms with E-state index in [1.807, 2.05) is 49.4 Å². The summed E-state index contributed by atoms with van der Waals surface area (Å²) in [5.41, 5.74) is 2.84. The van der Waals surface area contributed by atoms with Gasteiger partial charge in [-0.05, 0) is 36.6 Å². The van der Waals surface area contributed by atoms with Crippen molar-refractivity contribution in [2.24, 2.45) is 0 Å². The van der Waals surface area contributed by atoms with Gasteiger partial charge in [-0.3, -0.25) is 4.79 Å². The van der Waals surface area contributed by atoms with E-state index in [4.69, 9.17) is 4.74 Å². The van der Waals surface area contributed by atoms with Gasteiger partial charge in [0.2, 0.25) is 5.95 Å². The van der Waals surface area contributed by atoms with Gasteiger partial charge in [-0.15, -0.1) is 0 Å². The molecule has 2 heterocycles. The minimum atomic E-state index is -0.291. The summed E-state index contributed by atoms with van der Waals surface area (Å²) in [6.45, 7) is 4.72. The highest BCUT2D eigenvalue weighted by atomic mass is 16.5. The molecule has 7 nitrogen and oxygen atoms in total. The van der Waals surface area contributed by atoms with Gasteiger partial charge in [0, 0.05) is 11.9 Å². The lowest BCUT2D eigenvalue weighted by atomic mass is 10.1. The third kappa shape index (κ3) is 4.00. The van der Waals surface area contributed by atoms with Crippen LogP contribution in [0.25, 0.3) is 22.4 Å². The second-order valence-corrected chi connectivity index (χ2v) is 6.83. The molecule has 0 bridgehead atoms. The molecule has 0 amide bonds. The summed E-state index contributed by atoms with van der Waals surface area (Å²) >= 11 is 0. The van der Waals surface area contributed by atoms with Gasteiger partial charge < -0.3 is 15.0 Å². The third-order valence-electron chi connectivity index (χ3n) is 4.71. The lowest BCUT2D eigenvalue weighted by Gasteiger charge is -2.11. The first-order valence-electron chi connectivity index (χ1n) is 10.0. The van der Waals surface area contributed by atoms with Crippen molar-refractivity contribution >= 4 is 22.7 Å². The molecule has 2 N–H and O–H groups in total. The van der Waals surface area contributed by atoms with Crippen molar-refractivity contribution in [3.8, 4) is 17.1 Å². The molecule has 0 atom stereocenters. The predicted octanol–water partition coefficient (Wildman–Crippen LogP) is 4.47. The van der Waals surface area contributed by atoms with Crippen molar-refractivity contribution < 1.29 is 4.74 Å². The quantitative estimate of drug-likeness (QED) is 0.474. The number of benzene rings is 2. The molecule has 0 aliphatic heterocycles. The number of H-pyrrole nitrogens is 1. The van der Waals surface area contributed by atoms with Crippen molar-refractivity contribution in [3.05, 3.63) is 70.6 Å². The standard InChI is InChI=1S/C23H23N5O2/c1-3-13-30-19-12-8-6-10-16(19)20-26-21-17(22(29)27-20)14-24-23(28-21)25-18-11-7-5-9-15(18)4-2/h5-12,14H,3-4,13H2,1-2H3,(H2,24,25,26,27,28,29). The Bertz CT molecular complexity index is 1240. The zero-order valence-corrected chi connectivity index (χ0v) is 17.0. The van der Waals surface area contributed by atoms with Gasteiger partial charge in [-0.1, -0.05) is 44.2 Å². The Morgan fingerprint density at radius 3 is 2.67 bits per heavy atom. The minimum absolute atomic E-state index is 0.291. The van der Waals surface area contributed by atoms with Crippen LogP contribution in [0.3, 0.4) is 0 Å². The van der Waals surface area contributed by atoms with Gasteiger partial charge >= 0.3 is 0 Å². The molecule has 0 aliphatic rings. The lowest BCUT2D eigenvalue weighted by Crippen LogP contribution is -2.12. The van der Waals surface area contributed by atoms with Crippen LogP contribution in [0, 0.1) is 0 Å². The van der Waals surface area contributed by atoms with Gasteiger partial charge in [0.05, 0.1) is 12.2 Å². The van der Waals surface area contributed by atoms with E-state index in [1.54, 1.807) is 0 Å². The Labute approximate surface area is 174 Å². The normalized spacial score (nSPS) is 10.9. The third-order valence-corrected chi connectivity index (χ3v) is 4.71. The molecule has 0 radical (unpaired) electrons. The molecule has 7 heteroatoms. The van der Waals surface area contributed by atoms with Crippen LogP contribution in [0.5, 0.6) is 5.75 Å². The number of fused-ring (bicyclic) bond motifs is 1. The number of rotatable bonds is 7. The maximum atomic E-state index is 12.6. The molecule has 0 unspecified atom stereocenters. The average Bonchev–Trinajstić information content (AvgIpc) is 2.78. The maximum Gasteiger partial charge on any atom is 0.262 e. The molecule has 2 aromatic carbocycles. The number of nitrogens with one attached hydrogen (secondary N) is 2. The number of hydrogen-bond donors (Lipinski definition) is 2. The second kappa shape index (κ2) is 8.73. The number of aromatic nitrogens is 4. The number of anilines is 2. The molecular formula is C23H23N5O2. The molecule has 2 aromatic heterocycles. The molecule has 30 heavy (non-hydrogen) atoms. The van der Waals surface area contributed by atoms with Crippen LogP contribution in [0.4, 0.5) is 11.6 Å². The summed E-state index contributed by atoms with van der Waals surface area (Å²) in [4.78, 5) is 28.8. The van der Waals surface area contributed by atoms with Gasteiger partial charge in [0.1, 0.15) is 17.0 Å². The maximum absolute atomic E-state index is 12.6. The first kappa shape index (κ1) is 19.6. The summed E-state index contributed by atoms with van der Waals surface area (Å²) in [7, 11) is 0. The summed E-state index contributed by atoms with van der Waals surface area (Å²) in [6.07, 6.45) is 3.26. The zero-order valence-electron chi connectivity index (χ0n) is 17.0. The Morgan fingerprint density at radius 1 is 1.03 bits per heavy atom. The van der Waals surface area contributed by atoms with Crippen LogP contribution in [0.2, 0.25) is 0 Å². The molecule has 0 fully saturated rings. The highest BCUT2D eigenvalue weighted by molar-refractivity contribution is 5.77. The Morgan fingerprint density at radius 2 is 1.83 bits per heavy atom. The van der Waals surface area contributed by atoms with E-state index in [0.29, 0.717) is 35.2 Å². The van der Waals surface area contributed by atoms with Crippen LogP contribution in [-0.4, -0.2) is 26.5 Å². The molecule has 0 spiro atoms. The highest BCUT2D eigenvalue weighted by Crippen LogP contribution is 2.27. The number of nitrogens with zero attached hydrogens (tertiary/aromatic N) is 3. The van der Waals surface area contributed by atoms with Crippen LogP contribution in [0.15, 0.2) is 59.5 Å². The largest absolute Gasteiger partial charge is 0.493 e. The lowest BCUT2D eigenvalue weighted by molar-refractivity contribution is 0.318. The summed E-state index contributed by atoms with van der Waals surface area (Å²) in [5, 5.41) is 3.57. The summed E-state index contributed by atoms with van der Waals surface area (Å²) in [6, 6.07) is 15.5. The number of aryl methyl sites for hydroxylation is 1. The van der Waals surface area contributed by atoms with E-state index in [2.05, 4.69) is 38.2 Å². The summed E-state index contributed by atoms with van der Waals surface area (Å²) < 4.78 is 5.81.